The monoisotopic (exact) mass is 277 g/mol. The fraction of sp³-hybridized carbons (Fsp3) is 0.0625. The number of oxazole rings is 1. The van der Waals surface area contributed by atoms with E-state index in [1.807, 2.05) is 30.3 Å². The molecule has 5 nitrogen and oxygen atoms in total. The van der Waals surface area contributed by atoms with Gasteiger partial charge in [0.25, 0.3) is 5.56 Å². The van der Waals surface area contributed by atoms with Crippen LogP contribution < -0.4 is 5.56 Å². The van der Waals surface area contributed by atoms with Gasteiger partial charge in [-0.1, -0.05) is 18.2 Å². The molecule has 0 fully saturated rings. The SMILES string of the molecule is Cc1cc(-c2cccc(-c3cnco3)c2)c(C#N)c(=O)[nH]1. The van der Waals surface area contributed by atoms with Gasteiger partial charge in [-0.3, -0.25) is 4.79 Å². The summed E-state index contributed by atoms with van der Waals surface area (Å²) in [6.45, 7) is 1.78. The molecule has 0 spiro atoms. The van der Waals surface area contributed by atoms with Crippen LogP contribution in [0, 0.1) is 18.3 Å². The fourth-order valence-electron chi connectivity index (χ4n) is 2.23. The van der Waals surface area contributed by atoms with Crippen molar-refractivity contribution in [3.05, 3.63) is 64.5 Å². The summed E-state index contributed by atoms with van der Waals surface area (Å²) in [6.07, 6.45) is 2.98. The van der Waals surface area contributed by atoms with Crippen molar-refractivity contribution in [1.82, 2.24) is 9.97 Å². The van der Waals surface area contributed by atoms with Crippen molar-refractivity contribution in [3.63, 3.8) is 0 Å². The van der Waals surface area contributed by atoms with Crippen LogP contribution in [0.15, 0.2) is 52.1 Å². The Kier molecular flexibility index (Phi) is 3.13. The number of nitrogens with one attached hydrogen (secondary N) is 1. The summed E-state index contributed by atoms with van der Waals surface area (Å²) in [6, 6.07) is 11.2. The number of hydrogen-bond acceptors (Lipinski definition) is 4. The van der Waals surface area contributed by atoms with E-state index < -0.39 is 0 Å². The van der Waals surface area contributed by atoms with Crippen LogP contribution in [0.5, 0.6) is 0 Å². The number of aryl methyl sites for hydroxylation is 1. The second-order valence-electron chi connectivity index (χ2n) is 4.63. The number of aromatic nitrogens is 2. The average molecular weight is 277 g/mol. The standard InChI is InChI=1S/C16H11N3O2/c1-10-5-13(14(7-17)16(20)19-10)11-3-2-4-12(6-11)15-8-18-9-21-15/h2-6,8-9H,1H3,(H,19,20). The van der Waals surface area contributed by atoms with Crippen molar-refractivity contribution in [1.29, 1.82) is 5.26 Å². The number of hydrogen-bond donors (Lipinski definition) is 1. The minimum atomic E-state index is -0.377. The minimum Gasteiger partial charge on any atom is -0.444 e. The number of nitrogens with zero attached hydrogens (tertiary/aromatic N) is 2. The lowest BCUT2D eigenvalue weighted by molar-refractivity contribution is 0.572. The Balaban J connectivity index is 2.21. The van der Waals surface area contributed by atoms with Crippen LogP contribution in [-0.2, 0) is 0 Å². The van der Waals surface area contributed by atoms with Gasteiger partial charge in [-0.05, 0) is 24.6 Å². The minimum absolute atomic E-state index is 0.107. The molecular formula is C16H11N3O2. The highest BCUT2D eigenvalue weighted by Gasteiger charge is 2.11. The predicted molar refractivity (Wildman–Crippen MR) is 77.4 cm³/mol. The van der Waals surface area contributed by atoms with Crippen LogP contribution in [0.25, 0.3) is 22.5 Å². The van der Waals surface area contributed by atoms with Crippen LogP contribution in [0.4, 0.5) is 0 Å². The molecule has 2 aromatic heterocycles. The first kappa shape index (κ1) is 12.9. The third kappa shape index (κ3) is 2.35. The quantitative estimate of drug-likeness (QED) is 0.780. The normalized spacial score (nSPS) is 10.3. The van der Waals surface area contributed by atoms with E-state index in [0.29, 0.717) is 17.0 Å². The molecule has 0 aliphatic rings. The molecular weight excluding hydrogens is 266 g/mol. The van der Waals surface area contributed by atoms with Crippen LogP contribution in [-0.4, -0.2) is 9.97 Å². The van der Waals surface area contributed by atoms with E-state index in [1.54, 1.807) is 19.2 Å². The summed E-state index contributed by atoms with van der Waals surface area (Å²) in [5.74, 6) is 0.636. The highest BCUT2D eigenvalue weighted by molar-refractivity contribution is 5.74. The second kappa shape index (κ2) is 5.10. The van der Waals surface area contributed by atoms with Gasteiger partial charge < -0.3 is 9.40 Å². The molecule has 1 aromatic carbocycles. The van der Waals surface area contributed by atoms with Crippen LogP contribution in [0.1, 0.15) is 11.3 Å². The van der Waals surface area contributed by atoms with Crippen molar-refractivity contribution in [2.45, 2.75) is 6.92 Å². The van der Waals surface area contributed by atoms with Gasteiger partial charge in [-0.25, -0.2) is 4.98 Å². The molecule has 2 heterocycles. The lowest BCUT2D eigenvalue weighted by Gasteiger charge is -2.06. The first-order valence-electron chi connectivity index (χ1n) is 6.32. The highest BCUT2D eigenvalue weighted by atomic mass is 16.3. The summed E-state index contributed by atoms with van der Waals surface area (Å²) in [7, 11) is 0. The zero-order valence-corrected chi connectivity index (χ0v) is 11.3. The lowest BCUT2D eigenvalue weighted by Crippen LogP contribution is -2.12. The topological polar surface area (TPSA) is 82.7 Å². The molecule has 0 unspecified atom stereocenters. The molecule has 5 heteroatoms. The van der Waals surface area contributed by atoms with Gasteiger partial charge in [0.2, 0.25) is 0 Å². The molecule has 0 saturated heterocycles. The van der Waals surface area contributed by atoms with Crippen molar-refractivity contribution >= 4 is 0 Å². The molecule has 0 aliphatic heterocycles. The highest BCUT2D eigenvalue weighted by Crippen LogP contribution is 2.27. The first-order chi connectivity index (χ1) is 10.2. The molecule has 0 aliphatic carbocycles. The molecule has 0 atom stereocenters. The molecule has 0 radical (unpaired) electrons. The van der Waals surface area contributed by atoms with Gasteiger partial charge in [0, 0.05) is 16.8 Å². The number of aromatic amines is 1. The molecule has 102 valence electrons. The van der Waals surface area contributed by atoms with Crippen LogP contribution >= 0.6 is 0 Å². The zero-order valence-electron chi connectivity index (χ0n) is 11.3. The fourth-order valence-corrected chi connectivity index (χ4v) is 2.23. The van der Waals surface area contributed by atoms with E-state index in [-0.39, 0.29) is 11.1 Å². The van der Waals surface area contributed by atoms with Crippen molar-refractivity contribution in [3.8, 4) is 28.5 Å². The van der Waals surface area contributed by atoms with Crippen LogP contribution in [0.2, 0.25) is 0 Å². The average Bonchev–Trinajstić information content (AvgIpc) is 3.01. The molecule has 3 rings (SSSR count). The zero-order chi connectivity index (χ0) is 14.8. The Labute approximate surface area is 120 Å². The van der Waals surface area contributed by atoms with Crippen LogP contribution in [0.3, 0.4) is 0 Å². The molecule has 0 amide bonds. The Morgan fingerprint density at radius 2 is 2.10 bits per heavy atom. The largest absolute Gasteiger partial charge is 0.444 e. The van der Waals surface area contributed by atoms with Gasteiger partial charge in [-0.2, -0.15) is 5.26 Å². The third-order valence-corrected chi connectivity index (χ3v) is 3.17. The smallest absolute Gasteiger partial charge is 0.266 e. The maximum absolute atomic E-state index is 11.9. The Morgan fingerprint density at radius 3 is 2.81 bits per heavy atom. The van der Waals surface area contributed by atoms with Crippen molar-refractivity contribution in [2.24, 2.45) is 0 Å². The summed E-state index contributed by atoms with van der Waals surface area (Å²) in [4.78, 5) is 18.4. The number of rotatable bonds is 2. The second-order valence-corrected chi connectivity index (χ2v) is 4.63. The van der Waals surface area contributed by atoms with Gasteiger partial charge >= 0.3 is 0 Å². The van der Waals surface area contributed by atoms with Gasteiger partial charge in [0.05, 0.1) is 6.20 Å². The van der Waals surface area contributed by atoms with Crippen molar-refractivity contribution < 1.29 is 4.42 Å². The summed E-state index contributed by atoms with van der Waals surface area (Å²) < 4.78 is 5.27. The molecule has 21 heavy (non-hydrogen) atoms. The Hall–Kier alpha value is -3.13. The summed E-state index contributed by atoms with van der Waals surface area (Å²) in [5.41, 5.74) is 2.67. The lowest BCUT2D eigenvalue weighted by atomic mass is 9.99. The molecule has 0 saturated carbocycles. The van der Waals surface area contributed by atoms with Gasteiger partial charge in [0.15, 0.2) is 12.2 Å². The summed E-state index contributed by atoms with van der Waals surface area (Å²) >= 11 is 0. The number of nitriles is 1. The van der Waals surface area contributed by atoms with E-state index in [2.05, 4.69) is 9.97 Å². The first-order valence-corrected chi connectivity index (χ1v) is 6.32. The third-order valence-electron chi connectivity index (χ3n) is 3.17. The maximum atomic E-state index is 11.9. The van der Waals surface area contributed by atoms with Crippen molar-refractivity contribution in [2.75, 3.05) is 0 Å². The number of H-pyrrole nitrogens is 1. The van der Waals surface area contributed by atoms with E-state index in [4.69, 9.17) is 4.42 Å². The van der Waals surface area contributed by atoms with Gasteiger partial charge in [-0.15, -0.1) is 0 Å². The maximum Gasteiger partial charge on any atom is 0.266 e. The number of pyridine rings is 1. The van der Waals surface area contributed by atoms with E-state index >= 15 is 0 Å². The molecule has 1 N–H and O–H groups in total. The van der Waals surface area contributed by atoms with E-state index in [9.17, 15) is 10.1 Å². The van der Waals surface area contributed by atoms with E-state index in [1.165, 1.54) is 6.39 Å². The molecule has 3 aromatic rings. The Bertz CT molecular complexity index is 887. The molecule has 0 bridgehead atoms. The number of benzene rings is 1. The summed E-state index contributed by atoms with van der Waals surface area (Å²) in [5, 5.41) is 9.21. The van der Waals surface area contributed by atoms with Gasteiger partial charge in [0.1, 0.15) is 11.6 Å². The van der Waals surface area contributed by atoms with E-state index in [0.717, 1.165) is 11.1 Å². The predicted octanol–water partition coefficient (Wildman–Crippen LogP) is 2.88. The Morgan fingerprint density at radius 1 is 1.29 bits per heavy atom.